The maximum Gasteiger partial charge on any atom is 0.207 e. The second-order valence-electron chi connectivity index (χ2n) is 4.57. The molecule has 0 radical (unpaired) electrons. The summed E-state index contributed by atoms with van der Waals surface area (Å²) in [7, 11) is 0. The lowest BCUT2D eigenvalue weighted by atomic mass is 10.2. The van der Waals surface area contributed by atoms with Crippen molar-refractivity contribution in [3.63, 3.8) is 0 Å². The maximum atomic E-state index is 4.57. The third-order valence-electron chi connectivity index (χ3n) is 3.18. The van der Waals surface area contributed by atoms with Gasteiger partial charge in [0.1, 0.15) is 0 Å². The van der Waals surface area contributed by atoms with Crippen molar-refractivity contribution in [1.29, 1.82) is 0 Å². The molecule has 0 saturated heterocycles. The van der Waals surface area contributed by atoms with Crippen molar-refractivity contribution in [3.8, 4) is 5.69 Å². The van der Waals surface area contributed by atoms with Gasteiger partial charge in [-0.3, -0.25) is 4.57 Å². The predicted molar refractivity (Wildman–Crippen MR) is 76.3 cm³/mol. The van der Waals surface area contributed by atoms with Crippen LogP contribution in [-0.2, 0) is 0 Å². The molecule has 3 nitrogen and oxygen atoms in total. The Bertz CT molecular complexity index is 484. The average molecular weight is 243 g/mol. The highest BCUT2D eigenvalue weighted by atomic mass is 15.2. The zero-order valence-electron chi connectivity index (χ0n) is 11.4. The number of rotatable bonds is 5. The van der Waals surface area contributed by atoms with Crippen LogP contribution in [-0.4, -0.2) is 15.6 Å². The van der Waals surface area contributed by atoms with E-state index >= 15 is 0 Å². The molecule has 0 bridgehead atoms. The fourth-order valence-corrected chi connectivity index (χ4v) is 2.06. The summed E-state index contributed by atoms with van der Waals surface area (Å²) >= 11 is 0. The first-order valence-electron chi connectivity index (χ1n) is 6.62. The van der Waals surface area contributed by atoms with E-state index in [0.717, 1.165) is 30.2 Å². The summed E-state index contributed by atoms with van der Waals surface area (Å²) in [5, 5.41) is 3.52. The molecule has 0 aliphatic carbocycles. The van der Waals surface area contributed by atoms with Crippen LogP contribution >= 0.6 is 0 Å². The molecule has 2 aromatic rings. The van der Waals surface area contributed by atoms with Crippen LogP contribution in [0.15, 0.2) is 36.5 Å². The number of anilines is 1. The Morgan fingerprint density at radius 1 is 1.17 bits per heavy atom. The largest absolute Gasteiger partial charge is 0.353 e. The van der Waals surface area contributed by atoms with Gasteiger partial charge in [0.25, 0.3) is 0 Å². The van der Waals surface area contributed by atoms with Crippen LogP contribution in [0.4, 0.5) is 5.95 Å². The number of imidazole rings is 1. The van der Waals surface area contributed by atoms with Gasteiger partial charge in [-0.05, 0) is 31.9 Å². The predicted octanol–water partition coefficient (Wildman–Crippen LogP) is 3.78. The second kappa shape index (κ2) is 5.71. The van der Waals surface area contributed by atoms with Gasteiger partial charge in [0.15, 0.2) is 0 Å². The minimum atomic E-state index is 0.481. The molecule has 0 fully saturated rings. The first kappa shape index (κ1) is 12.7. The van der Waals surface area contributed by atoms with Gasteiger partial charge in [0, 0.05) is 17.9 Å². The quantitative estimate of drug-likeness (QED) is 0.866. The smallest absolute Gasteiger partial charge is 0.207 e. The Balaban J connectivity index is 2.31. The van der Waals surface area contributed by atoms with Crippen LogP contribution in [0.1, 0.15) is 32.4 Å². The van der Waals surface area contributed by atoms with Gasteiger partial charge in [-0.15, -0.1) is 0 Å². The summed E-state index contributed by atoms with van der Waals surface area (Å²) in [4.78, 5) is 4.57. The molecule has 2 rings (SSSR count). The normalized spacial score (nSPS) is 10.9. The molecular weight excluding hydrogens is 222 g/mol. The van der Waals surface area contributed by atoms with Gasteiger partial charge in [0.2, 0.25) is 5.95 Å². The van der Waals surface area contributed by atoms with Crippen LogP contribution in [0.25, 0.3) is 5.69 Å². The Morgan fingerprint density at radius 2 is 1.83 bits per heavy atom. The van der Waals surface area contributed by atoms with Crippen molar-refractivity contribution >= 4 is 5.95 Å². The number of benzene rings is 1. The molecule has 0 amide bonds. The molecule has 18 heavy (non-hydrogen) atoms. The number of para-hydroxylation sites is 1. The van der Waals surface area contributed by atoms with Crippen LogP contribution in [0.2, 0.25) is 0 Å². The fourth-order valence-electron chi connectivity index (χ4n) is 2.06. The van der Waals surface area contributed by atoms with Crippen LogP contribution in [0, 0.1) is 6.92 Å². The lowest BCUT2D eigenvalue weighted by Crippen LogP contribution is -2.19. The van der Waals surface area contributed by atoms with Crippen molar-refractivity contribution in [2.75, 3.05) is 5.32 Å². The van der Waals surface area contributed by atoms with Crippen LogP contribution < -0.4 is 5.32 Å². The van der Waals surface area contributed by atoms with Crippen molar-refractivity contribution in [2.45, 2.75) is 39.7 Å². The van der Waals surface area contributed by atoms with E-state index < -0.39 is 0 Å². The first-order chi connectivity index (χ1) is 8.74. The summed E-state index contributed by atoms with van der Waals surface area (Å²) in [6, 6.07) is 10.8. The topological polar surface area (TPSA) is 29.9 Å². The summed E-state index contributed by atoms with van der Waals surface area (Å²) in [6.45, 7) is 6.42. The minimum Gasteiger partial charge on any atom is -0.353 e. The molecule has 1 N–H and O–H groups in total. The second-order valence-corrected chi connectivity index (χ2v) is 4.57. The molecule has 0 atom stereocenters. The number of nitrogens with zero attached hydrogens (tertiary/aromatic N) is 2. The highest BCUT2D eigenvalue weighted by molar-refractivity contribution is 5.43. The first-order valence-corrected chi connectivity index (χ1v) is 6.62. The van der Waals surface area contributed by atoms with E-state index in [1.165, 1.54) is 0 Å². The van der Waals surface area contributed by atoms with Crippen molar-refractivity contribution in [1.82, 2.24) is 9.55 Å². The Kier molecular flexibility index (Phi) is 4.03. The van der Waals surface area contributed by atoms with E-state index in [4.69, 9.17) is 0 Å². The SMILES string of the molecule is CCC(CC)Nc1nc(C)cn1-c1ccccc1. The van der Waals surface area contributed by atoms with Gasteiger partial charge in [-0.1, -0.05) is 32.0 Å². The fraction of sp³-hybridized carbons (Fsp3) is 0.400. The number of aromatic nitrogens is 2. The van der Waals surface area contributed by atoms with E-state index in [2.05, 4.69) is 47.0 Å². The third kappa shape index (κ3) is 2.73. The highest BCUT2D eigenvalue weighted by Crippen LogP contribution is 2.18. The lowest BCUT2D eigenvalue weighted by molar-refractivity contribution is 0.662. The number of hydrogen-bond acceptors (Lipinski definition) is 2. The average Bonchev–Trinajstić information content (AvgIpc) is 2.78. The Hall–Kier alpha value is -1.77. The molecule has 0 aliphatic heterocycles. The molecule has 3 heteroatoms. The molecule has 1 heterocycles. The minimum absolute atomic E-state index is 0.481. The molecule has 0 unspecified atom stereocenters. The third-order valence-corrected chi connectivity index (χ3v) is 3.18. The van der Waals surface area contributed by atoms with Gasteiger partial charge >= 0.3 is 0 Å². The van der Waals surface area contributed by atoms with Crippen molar-refractivity contribution < 1.29 is 0 Å². The van der Waals surface area contributed by atoms with Crippen LogP contribution in [0.3, 0.4) is 0 Å². The summed E-state index contributed by atoms with van der Waals surface area (Å²) in [5.41, 5.74) is 2.18. The number of aryl methyl sites for hydroxylation is 1. The van der Waals surface area contributed by atoms with Crippen molar-refractivity contribution in [2.24, 2.45) is 0 Å². The lowest BCUT2D eigenvalue weighted by Gasteiger charge is -2.16. The number of nitrogens with one attached hydrogen (secondary N) is 1. The van der Waals surface area contributed by atoms with E-state index in [9.17, 15) is 0 Å². The molecule has 1 aromatic heterocycles. The number of hydrogen-bond donors (Lipinski definition) is 1. The van der Waals surface area contributed by atoms with Gasteiger partial charge in [0.05, 0.1) is 5.69 Å². The van der Waals surface area contributed by atoms with E-state index in [1.807, 2.05) is 25.1 Å². The maximum absolute atomic E-state index is 4.57. The highest BCUT2D eigenvalue weighted by Gasteiger charge is 2.10. The van der Waals surface area contributed by atoms with Gasteiger partial charge in [-0.2, -0.15) is 0 Å². The zero-order valence-corrected chi connectivity index (χ0v) is 11.4. The molecule has 0 spiro atoms. The Labute approximate surface area is 109 Å². The molecule has 0 aliphatic rings. The van der Waals surface area contributed by atoms with Gasteiger partial charge < -0.3 is 5.32 Å². The zero-order chi connectivity index (χ0) is 13.0. The summed E-state index contributed by atoms with van der Waals surface area (Å²) in [5.74, 6) is 0.937. The van der Waals surface area contributed by atoms with E-state index in [1.54, 1.807) is 0 Å². The molecule has 0 saturated carbocycles. The molecule has 96 valence electrons. The van der Waals surface area contributed by atoms with Gasteiger partial charge in [-0.25, -0.2) is 4.98 Å². The monoisotopic (exact) mass is 243 g/mol. The van der Waals surface area contributed by atoms with E-state index in [0.29, 0.717) is 6.04 Å². The summed E-state index contributed by atoms with van der Waals surface area (Å²) < 4.78 is 2.12. The summed E-state index contributed by atoms with van der Waals surface area (Å²) in [6.07, 6.45) is 4.29. The van der Waals surface area contributed by atoms with E-state index in [-0.39, 0.29) is 0 Å². The Morgan fingerprint density at radius 3 is 2.44 bits per heavy atom. The molecule has 1 aromatic carbocycles. The van der Waals surface area contributed by atoms with Crippen molar-refractivity contribution in [3.05, 3.63) is 42.2 Å². The standard InChI is InChI=1S/C15H21N3/c1-4-13(5-2)17-15-16-12(3)11-18(15)14-9-7-6-8-10-14/h6-11,13H,4-5H2,1-3H3,(H,16,17). The molecular formula is C15H21N3. The van der Waals surface area contributed by atoms with Crippen LogP contribution in [0.5, 0.6) is 0 Å².